The summed E-state index contributed by atoms with van der Waals surface area (Å²) in [6, 6.07) is 0.703. The molecule has 0 aromatic rings. The Labute approximate surface area is 94.6 Å². The lowest BCUT2D eigenvalue weighted by Crippen LogP contribution is -2.35. The maximum absolute atomic E-state index is 5.51. The molecule has 0 radical (unpaired) electrons. The quantitative estimate of drug-likeness (QED) is 0.695. The molecule has 1 aliphatic heterocycles. The Bertz CT molecular complexity index is 159. The minimum atomic E-state index is 0.703. The summed E-state index contributed by atoms with van der Waals surface area (Å²) >= 11 is 0. The van der Waals surface area contributed by atoms with Crippen molar-refractivity contribution in [2.75, 3.05) is 39.3 Å². The summed E-state index contributed by atoms with van der Waals surface area (Å²) in [7, 11) is 0. The fourth-order valence-electron chi connectivity index (χ4n) is 2.21. The van der Waals surface area contributed by atoms with E-state index in [0.717, 1.165) is 6.54 Å². The minimum Gasteiger partial charge on any atom is -0.330 e. The molecule has 3 nitrogen and oxygen atoms in total. The molecule has 1 aliphatic rings. The van der Waals surface area contributed by atoms with Crippen molar-refractivity contribution in [2.45, 2.75) is 39.2 Å². The lowest BCUT2D eigenvalue weighted by molar-refractivity contribution is 0.219. The van der Waals surface area contributed by atoms with Gasteiger partial charge in [-0.25, -0.2) is 0 Å². The highest BCUT2D eigenvalue weighted by Gasteiger charge is 2.15. The summed E-state index contributed by atoms with van der Waals surface area (Å²) in [5.74, 6) is 0. The van der Waals surface area contributed by atoms with E-state index in [2.05, 4.69) is 23.6 Å². The average molecular weight is 213 g/mol. The summed E-state index contributed by atoms with van der Waals surface area (Å²) in [5.41, 5.74) is 5.51. The first kappa shape index (κ1) is 12.9. The Morgan fingerprint density at radius 2 is 1.87 bits per heavy atom. The lowest BCUT2D eigenvalue weighted by Gasteiger charge is -2.24. The fraction of sp³-hybridized carbons (Fsp3) is 1.00. The van der Waals surface area contributed by atoms with Crippen molar-refractivity contribution in [1.29, 1.82) is 0 Å². The third kappa shape index (κ3) is 4.96. The zero-order chi connectivity index (χ0) is 11.1. The molecule has 0 aromatic heterocycles. The molecule has 0 spiro atoms. The highest BCUT2D eigenvalue weighted by Crippen LogP contribution is 2.07. The summed E-state index contributed by atoms with van der Waals surface area (Å²) in [5, 5.41) is 0. The molecule has 0 unspecified atom stereocenters. The second-order valence-corrected chi connectivity index (χ2v) is 4.82. The van der Waals surface area contributed by atoms with Crippen molar-refractivity contribution in [1.82, 2.24) is 9.80 Å². The first-order valence-corrected chi connectivity index (χ1v) is 6.40. The normalized spacial score (nSPS) is 20.8. The third-order valence-electron chi connectivity index (χ3n) is 3.28. The topological polar surface area (TPSA) is 32.5 Å². The van der Waals surface area contributed by atoms with Crippen LogP contribution in [0.3, 0.4) is 0 Å². The maximum atomic E-state index is 5.51. The molecule has 15 heavy (non-hydrogen) atoms. The van der Waals surface area contributed by atoms with Gasteiger partial charge in [0.05, 0.1) is 0 Å². The van der Waals surface area contributed by atoms with Gasteiger partial charge in [0.25, 0.3) is 0 Å². The standard InChI is InChI=1S/C12H27N3/c1-12(2)15-9-5-8-14(10-11-15)7-4-3-6-13/h12H,3-11,13H2,1-2H3. The van der Waals surface area contributed by atoms with Crippen LogP contribution in [0.1, 0.15) is 33.1 Å². The molecule has 0 bridgehead atoms. The zero-order valence-electron chi connectivity index (χ0n) is 10.4. The SMILES string of the molecule is CC(C)N1CCCN(CCCCN)CC1. The molecule has 0 amide bonds. The first-order valence-electron chi connectivity index (χ1n) is 6.40. The number of nitrogens with two attached hydrogens (primary N) is 1. The van der Waals surface area contributed by atoms with E-state index in [0.29, 0.717) is 6.04 Å². The van der Waals surface area contributed by atoms with E-state index in [1.54, 1.807) is 0 Å². The van der Waals surface area contributed by atoms with Gasteiger partial charge in [-0.15, -0.1) is 0 Å². The van der Waals surface area contributed by atoms with Crippen molar-refractivity contribution in [3.05, 3.63) is 0 Å². The monoisotopic (exact) mass is 213 g/mol. The molecule has 90 valence electrons. The van der Waals surface area contributed by atoms with Gasteiger partial charge in [-0.1, -0.05) is 0 Å². The first-order chi connectivity index (χ1) is 7.24. The predicted octanol–water partition coefficient (Wildman–Crippen LogP) is 1.14. The number of nitrogens with zero attached hydrogens (tertiary/aromatic N) is 2. The van der Waals surface area contributed by atoms with Gasteiger partial charge in [0.2, 0.25) is 0 Å². The number of hydrogen-bond acceptors (Lipinski definition) is 3. The van der Waals surface area contributed by atoms with Crippen LogP contribution < -0.4 is 5.73 Å². The molecule has 0 aliphatic carbocycles. The van der Waals surface area contributed by atoms with E-state index in [1.807, 2.05) is 0 Å². The summed E-state index contributed by atoms with van der Waals surface area (Å²) in [4.78, 5) is 5.18. The van der Waals surface area contributed by atoms with Crippen molar-refractivity contribution in [3.8, 4) is 0 Å². The van der Waals surface area contributed by atoms with Gasteiger partial charge in [0, 0.05) is 19.1 Å². The summed E-state index contributed by atoms with van der Waals surface area (Å²) in [6.07, 6.45) is 3.75. The summed E-state index contributed by atoms with van der Waals surface area (Å²) < 4.78 is 0. The highest BCUT2D eigenvalue weighted by atomic mass is 15.2. The molecule has 1 rings (SSSR count). The maximum Gasteiger partial charge on any atom is 0.0112 e. The van der Waals surface area contributed by atoms with Gasteiger partial charge in [-0.05, 0) is 59.3 Å². The molecular formula is C12H27N3. The van der Waals surface area contributed by atoms with Crippen LogP contribution in [0.4, 0.5) is 0 Å². The van der Waals surface area contributed by atoms with Crippen LogP contribution in [0.15, 0.2) is 0 Å². The van der Waals surface area contributed by atoms with Gasteiger partial charge in [-0.3, -0.25) is 4.90 Å². The molecule has 1 fully saturated rings. The Hall–Kier alpha value is -0.120. The van der Waals surface area contributed by atoms with Crippen LogP contribution in [0, 0.1) is 0 Å². The van der Waals surface area contributed by atoms with E-state index in [1.165, 1.54) is 52.0 Å². The predicted molar refractivity (Wildman–Crippen MR) is 66.1 cm³/mol. The molecule has 3 heteroatoms. The Kier molecular flexibility index (Phi) is 6.22. The number of unbranched alkanes of at least 4 members (excludes halogenated alkanes) is 1. The molecular weight excluding hydrogens is 186 g/mol. The fourth-order valence-corrected chi connectivity index (χ4v) is 2.21. The highest BCUT2D eigenvalue weighted by molar-refractivity contribution is 4.71. The van der Waals surface area contributed by atoms with Crippen molar-refractivity contribution < 1.29 is 0 Å². The molecule has 1 heterocycles. The van der Waals surface area contributed by atoms with E-state index < -0.39 is 0 Å². The van der Waals surface area contributed by atoms with Crippen LogP contribution in [-0.4, -0.2) is 55.1 Å². The largest absolute Gasteiger partial charge is 0.330 e. The minimum absolute atomic E-state index is 0.703. The molecule has 0 aromatic carbocycles. The Morgan fingerprint density at radius 1 is 1.07 bits per heavy atom. The van der Waals surface area contributed by atoms with E-state index in [-0.39, 0.29) is 0 Å². The number of hydrogen-bond donors (Lipinski definition) is 1. The average Bonchev–Trinajstić information content (AvgIpc) is 2.44. The van der Waals surface area contributed by atoms with E-state index >= 15 is 0 Å². The number of rotatable bonds is 5. The van der Waals surface area contributed by atoms with Crippen LogP contribution in [0.2, 0.25) is 0 Å². The third-order valence-corrected chi connectivity index (χ3v) is 3.28. The summed E-state index contributed by atoms with van der Waals surface area (Å²) in [6.45, 7) is 11.7. The van der Waals surface area contributed by atoms with Gasteiger partial charge in [-0.2, -0.15) is 0 Å². The molecule has 2 N–H and O–H groups in total. The molecule has 0 atom stereocenters. The Morgan fingerprint density at radius 3 is 2.53 bits per heavy atom. The van der Waals surface area contributed by atoms with Gasteiger partial charge < -0.3 is 10.6 Å². The van der Waals surface area contributed by atoms with Crippen molar-refractivity contribution in [2.24, 2.45) is 5.73 Å². The lowest BCUT2D eigenvalue weighted by atomic mass is 10.3. The Balaban J connectivity index is 2.20. The molecule has 1 saturated heterocycles. The van der Waals surface area contributed by atoms with Crippen LogP contribution in [-0.2, 0) is 0 Å². The smallest absolute Gasteiger partial charge is 0.0112 e. The van der Waals surface area contributed by atoms with Crippen LogP contribution in [0.5, 0.6) is 0 Å². The van der Waals surface area contributed by atoms with E-state index in [4.69, 9.17) is 5.73 Å². The van der Waals surface area contributed by atoms with Crippen molar-refractivity contribution >= 4 is 0 Å². The second kappa shape index (κ2) is 7.20. The van der Waals surface area contributed by atoms with Gasteiger partial charge in [0.1, 0.15) is 0 Å². The zero-order valence-corrected chi connectivity index (χ0v) is 10.4. The van der Waals surface area contributed by atoms with Crippen LogP contribution >= 0.6 is 0 Å². The van der Waals surface area contributed by atoms with Crippen molar-refractivity contribution in [3.63, 3.8) is 0 Å². The molecule has 0 saturated carbocycles. The van der Waals surface area contributed by atoms with E-state index in [9.17, 15) is 0 Å². The van der Waals surface area contributed by atoms with Gasteiger partial charge in [0.15, 0.2) is 0 Å². The van der Waals surface area contributed by atoms with Gasteiger partial charge >= 0.3 is 0 Å². The van der Waals surface area contributed by atoms with Crippen LogP contribution in [0.25, 0.3) is 0 Å². The second-order valence-electron chi connectivity index (χ2n) is 4.82.